The Morgan fingerprint density at radius 2 is 1.51 bits per heavy atom. The molecule has 0 spiro atoms. The number of hydrogen-bond donors (Lipinski definition) is 1. The van der Waals surface area contributed by atoms with Crippen molar-refractivity contribution in [3.63, 3.8) is 0 Å². The number of rotatable bonds is 8. The van der Waals surface area contributed by atoms with E-state index in [-0.39, 0.29) is 17.2 Å². The first-order valence-electron chi connectivity index (χ1n) is 11.0. The maximum atomic E-state index is 12.7. The fraction of sp³-hybridized carbons (Fsp3) is 0.0357. The van der Waals surface area contributed by atoms with Crippen LogP contribution >= 0.6 is 34.8 Å². The lowest BCUT2D eigenvalue weighted by atomic mass is 10.2. The summed E-state index contributed by atoms with van der Waals surface area (Å²) in [4.78, 5) is 25.0. The van der Waals surface area contributed by atoms with Crippen molar-refractivity contribution in [3.8, 4) is 11.5 Å². The van der Waals surface area contributed by atoms with E-state index in [4.69, 9.17) is 44.3 Å². The van der Waals surface area contributed by atoms with Crippen LogP contribution < -0.4 is 14.9 Å². The van der Waals surface area contributed by atoms with Crippen LogP contribution in [-0.4, -0.2) is 18.1 Å². The van der Waals surface area contributed by atoms with Crippen molar-refractivity contribution in [2.45, 2.75) is 6.61 Å². The molecule has 4 aromatic rings. The van der Waals surface area contributed by atoms with E-state index in [0.29, 0.717) is 32.7 Å². The molecule has 186 valence electrons. The van der Waals surface area contributed by atoms with Crippen LogP contribution in [0.2, 0.25) is 15.1 Å². The third-order valence-corrected chi connectivity index (χ3v) is 5.86. The van der Waals surface area contributed by atoms with Gasteiger partial charge in [-0.1, -0.05) is 59.1 Å². The second kappa shape index (κ2) is 12.4. The maximum Gasteiger partial charge on any atom is 0.345 e. The molecule has 37 heavy (non-hydrogen) atoms. The lowest BCUT2D eigenvalue weighted by Crippen LogP contribution is -2.18. The third-order valence-electron chi connectivity index (χ3n) is 5.06. The maximum absolute atomic E-state index is 12.7. The third kappa shape index (κ3) is 7.33. The van der Waals surface area contributed by atoms with E-state index in [1.807, 2.05) is 12.1 Å². The van der Waals surface area contributed by atoms with E-state index in [1.54, 1.807) is 66.7 Å². The Morgan fingerprint density at radius 3 is 2.24 bits per heavy atom. The Bertz CT molecular complexity index is 1440. The van der Waals surface area contributed by atoms with Crippen LogP contribution in [0.3, 0.4) is 0 Å². The summed E-state index contributed by atoms with van der Waals surface area (Å²) in [7, 11) is 0. The van der Waals surface area contributed by atoms with Crippen LogP contribution in [0.1, 0.15) is 31.8 Å². The zero-order valence-corrected chi connectivity index (χ0v) is 21.4. The number of amides is 1. The molecular weight excluding hydrogens is 535 g/mol. The number of hydrazone groups is 1. The summed E-state index contributed by atoms with van der Waals surface area (Å²) in [5, 5.41) is 5.28. The predicted molar refractivity (Wildman–Crippen MR) is 145 cm³/mol. The smallest absolute Gasteiger partial charge is 0.345 e. The Morgan fingerprint density at radius 1 is 0.811 bits per heavy atom. The topological polar surface area (TPSA) is 77.0 Å². The van der Waals surface area contributed by atoms with Gasteiger partial charge in [0.1, 0.15) is 18.1 Å². The monoisotopic (exact) mass is 552 g/mol. The van der Waals surface area contributed by atoms with Crippen LogP contribution in [0.5, 0.6) is 11.5 Å². The Hall–Kier alpha value is -3.84. The van der Waals surface area contributed by atoms with E-state index in [9.17, 15) is 9.59 Å². The Kier molecular flexibility index (Phi) is 8.80. The highest BCUT2D eigenvalue weighted by Crippen LogP contribution is 2.23. The number of hydrogen-bond acceptors (Lipinski definition) is 5. The van der Waals surface area contributed by atoms with Gasteiger partial charge in [0.15, 0.2) is 0 Å². The number of nitrogens with one attached hydrogen (secondary N) is 1. The van der Waals surface area contributed by atoms with Gasteiger partial charge in [-0.05, 0) is 77.9 Å². The van der Waals surface area contributed by atoms with Gasteiger partial charge in [-0.15, -0.1) is 0 Å². The van der Waals surface area contributed by atoms with Gasteiger partial charge in [-0.3, -0.25) is 4.79 Å². The normalized spacial score (nSPS) is 10.8. The largest absolute Gasteiger partial charge is 0.488 e. The number of nitrogens with zero attached hydrogens (tertiary/aromatic N) is 1. The zero-order valence-electron chi connectivity index (χ0n) is 19.2. The Balaban J connectivity index is 1.33. The summed E-state index contributed by atoms with van der Waals surface area (Å²) in [6.45, 7) is 0.284. The summed E-state index contributed by atoms with van der Waals surface area (Å²) in [5.74, 6) is -0.276. The van der Waals surface area contributed by atoms with Crippen molar-refractivity contribution in [2.24, 2.45) is 5.10 Å². The van der Waals surface area contributed by atoms with Crippen molar-refractivity contribution >= 4 is 52.9 Å². The van der Waals surface area contributed by atoms with E-state index in [2.05, 4.69) is 10.5 Å². The standard InChI is InChI=1S/C28H19Cl3N2O4/c29-20-9-5-19(6-10-20)17-36-26-4-2-1-3-24(26)27(34)33-32-16-18-7-12-22(13-8-18)37-28(35)23-14-11-21(30)15-25(23)31/h1-16H,17H2,(H,33,34)/b32-16+. The highest BCUT2D eigenvalue weighted by atomic mass is 35.5. The summed E-state index contributed by atoms with van der Waals surface area (Å²) in [6.07, 6.45) is 1.47. The summed E-state index contributed by atoms with van der Waals surface area (Å²) >= 11 is 17.8. The molecule has 0 aliphatic carbocycles. The number of carbonyl (C=O) groups excluding carboxylic acids is 2. The first-order chi connectivity index (χ1) is 17.9. The lowest BCUT2D eigenvalue weighted by molar-refractivity contribution is 0.0734. The van der Waals surface area contributed by atoms with Gasteiger partial charge >= 0.3 is 5.97 Å². The molecule has 9 heteroatoms. The summed E-state index contributed by atoms with van der Waals surface area (Å²) < 4.78 is 11.2. The second-order valence-electron chi connectivity index (χ2n) is 7.69. The van der Waals surface area contributed by atoms with Crippen LogP contribution in [0.25, 0.3) is 0 Å². The molecule has 6 nitrogen and oxygen atoms in total. The molecule has 0 saturated carbocycles. The molecule has 0 fully saturated rings. The highest BCUT2D eigenvalue weighted by molar-refractivity contribution is 6.36. The second-order valence-corrected chi connectivity index (χ2v) is 8.97. The Labute approximate surface area is 228 Å². The molecule has 0 aliphatic heterocycles. The molecule has 0 radical (unpaired) electrons. The van der Waals surface area contributed by atoms with E-state index >= 15 is 0 Å². The molecule has 0 bridgehead atoms. The average Bonchev–Trinajstić information content (AvgIpc) is 2.89. The van der Waals surface area contributed by atoms with E-state index in [1.165, 1.54) is 18.3 Å². The van der Waals surface area contributed by atoms with Gasteiger partial charge in [0.2, 0.25) is 0 Å². The van der Waals surface area contributed by atoms with Gasteiger partial charge in [-0.2, -0.15) is 5.10 Å². The van der Waals surface area contributed by atoms with Crippen LogP contribution in [0.15, 0.2) is 96.1 Å². The summed E-state index contributed by atoms with van der Waals surface area (Å²) in [6, 6.07) is 25.3. The molecule has 0 saturated heterocycles. The van der Waals surface area contributed by atoms with E-state index in [0.717, 1.165) is 5.56 Å². The molecule has 1 N–H and O–H groups in total. The SMILES string of the molecule is O=C(Oc1ccc(/C=N/NC(=O)c2ccccc2OCc2ccc(Cl)cc2)cc1)c1ccc(Cl)cc1Cl. The van der Waals surface area contributed by atoms with Gasteiger partial charge in [0.05, 0.1) is 22.4 Å². The molecule has 4 aromatic carbocycles. The molecular formula is C28H19Cl3N2O4. The van der Waals surface area contributed by atoms with Gasteiger partial charge < -0.3 is 9.47 Å². The first kappa shape index (κ1) is 26.2. The minimum absolute atomic E-state index is 0.203. The van der Waals surface area contributed by atoms with Crippen LogP contribution in [0.4, 0.5) is 0 Å². The fourth-order valence-electron chi connectivity index (χ4n) is 3.19. The van der Waals surface area contributed by atoms with Crippen LogP contribution in [-0.2, 0) is 6.61 Å². The van der Waals surface area contributed by atoms with Crippen LogP contribution in [0, 0.1) is 0 Å². The number of halogens is 3. The molecule has 1 amide bonds. The first-order valence-corrected chi connectivity index (χ1v) is 12.1. The minimum Gasteiger partial charge on any atom is -0.488 e. The summed E-state index contributed by atoms with van der Waals surface area (Å²) in [5.41, 5.74) is 4.64. The quantitative estimate of drug-likeness (QED) is 0.108. The highest BCUT2D eigenvalue weighted by Gasteiger charge is 2.14. The van der Waals surface area contributed by atoms with Crippen molar-refractivity contribution in [1.82, 2.24) is 5.43 Å². The zero-order chi connectivity index (χ0) is 26.2. The molecule has 0 aliphatic rings. The van der Waals surface area contributed by atoms with Crippen molar-refractivity contribution in [1.29, 1.82) is 0 Å². The van der Waals surface area contributed by atoms with Gasteiger partial charge in [0.25, 0.3) is 5.91 Å². The number of esters is 1. The average molecular weight is 554 g/mol. The lowest BCUT2D eigenvalue weighted by Gasteiger charge is -2.10. The van der Waals surface area contributed by atoms with Gasteiger partial charge in [0, 0.05) is 10.0 Å². The number of carbonyl (C=O) groups is 2. The molecule has 4 rings (SSSR count). The number of para-hydroxylation sites is 1. The number of ether oxygens (including phenoxy) is 2. The van der Waals surface area contributed by atoms with Crippen molar-refractivity contribution < 1.29 is 19.1 Å². The predicted octanol–water partition coefficient (Wildman–Crippen LogP) is 7.21. The fourth-order valence-corrected chi connectivity index (χ4v) is 3.80. The van der Waals surface area contributed by atoms with Crippen molar-refractivity contribution in [2.75, 3.05) is 0 Å². The molecule has 0 unspecified atom stereocenters. The van der Waals surface area contributed by atoms with Crippen molar-refractivity contribution in [3.05, 3.63) is 128 Å². The molecule has 0 heterocycles. The molecule has 0 atom stereocenters. The van der Waals surface area contributed by atoms with E-state index < -0.39 is 11.9 Å². The number of benzene rings is 4. The van der Waals surface area contributed by atoms with Gasteiger partial charge in [-0.25, -0.2) is 10.2 Å². The minimum atomic E-state index is -0.604. The molecule has 0 aromatic heterocycles.